The monoisotopic (exact) mass is 218 g/mol. The minimum absolute atomic E-state index is 0.188. The minimum Gasteiger partial charge on any atom is -0.299 e. The predicted molar refractivity (Wildman–Crippen MR) is 58.1 cm³/mol. The van der Waals surface area contributed by atoms with Crippen LogP contribution in [0.15, 0.2) is 0 Å². The van der Waals surface area contributed by atoms with Crippen molar-refractivity contribution in [2.75, 3.05) is 0 Å². The van der Waals surface area contributed by atoms with Gasteiger partial charge in [0.25, 0.3) is 0 Å². The van der Waals surface area contributed by atoms with E-state index < -0.39 is 0 Å². The molecule has 0 aromatic heterocycles. The molecule has 2 nitrogen and oxygen atoms in total. The van der Waals surface area contributed by atoms with Crippen LogP contribution in [0.4, 0.5) is 4.79 Å². The molecule has 0 unspecified atom stereocenters. The second kappa shape index (κ2) is 4.05. The topological polar surface area (TPSA) is 34.1 Å². The van der Waals surface area contributed by atoms with Crippen LogP contribution in [0.5, 0.6) is 0 Å². The van der Waals surface area contributed by atoms with Crippen LogP contribution in [0, 0.1) is 5.41 Å². The Bertz CT molecular complexity index is 222. The van der Waals surface area contributed by atoms with Crippen LogP contribution in [-0.4, -0.2) is 14.8 Å². The number of carbonyl (C=O) groups excluding carboxylic acids is 2. The zero-order valence-corrected chi connectivity index (χ0v) is 9.76. The summed E-state index contributed by atoms with van der Waals surface area (Å²) in [6.45, 7) is 5.80. The molecule has 0 aromatic rings. The highest BCUT2D eigenvalue weighted by atomic mass is 32.3. The number of Topliss-reactive ketones (excluding diaryl/α,β-unsaturated/α-hetero) is 1. The fourth-order valence-electron chi connectivity index (χ4n) is 0.965. The minimum atomic E-state index is -0.233. The first-order chi connectivity index (χ1) is 5.89. The van der Waals surface area contributed by atoms with Crippen molar-refractivity contribution in [2.45, 2.75) is 38.2 Å². The molecule has 0 spiro atoms. The van der Waals surface area contributed by atoms with Gasteiger partial charge >= 0.3 is 0 Å². The first-order valence-electron chi connectivity index (χ1n) is 4.30. The predicted octanol–water partition coefficient (Wildman–Crippen LogP) is 3.31. The van der Waals surface area contributed by atoms with E-state index in [4.69, 9.17) is 0 Å². The maximum Gasteiger partial charge on any atom is 0.248 e. The molecule has 0 aliphatic carbocycles. The van der Waals surface area contributed by atoms with Crippen molar-refractivity contribution in [1.29, 1.82) is 0 Å². The SMILES string of the molecule is CC(C)(C)C(=O)CCC1SC(=O)S1. The first kappa shape index (κ1) is 11.1. The summed E-state index contributed by atoms with van der Waals surface area (Å²) in [6, 6.07) is 0. The van der Waals surface area contributed by atoms with Gasteiger partial charge in [-0.1, -0.05) is 44.3 Å². The maximum absolute atomic E-state index is 11.5. The van der Waals surface area contributed by atoms with Crippen molar-refractivity contribution in [3.8, 4) is 0 Å². The molecular formula is C9H14O2S2. The Hall–Kier alpha value is 0.0400. The molecule has 0 saturated carbocycles. The Morgan fingerprint density at radius 3 is 2.31 bits per heavy atom. The van der Waals surface area contributed by atoms with E-state index >= 15 is 0 Å². The third-order valence-electron chi connectivity index (χ3n) is 1.90. The van der Waals surface area contributed by atoms with Crippen LogP contribution in [0.2, 0.25) is 0 Å². The highest BCUT2D eigenvalue weighted by molar-refractivity contribution is 8.53. The number of hydrogen-bond acceptors (Lipinski definition) is 4. The molecule has 1 heterocycles. The third-order valence-corrected chi connectivity index (χ3v) is 4.44. The van der Waals surface area contributed by atoms with Gasteiger partial charge in [-0.25, -0.2) is 0 Å². The van der Waals surface area contributed by atoms with Crippen molar-refractivity contribution in [3.63, 3.8) is 0 Å². The van der Waals surface area contributed by atoms with Crippen molar-refractivity contribution in [2.24, 2.45) is 5.41 Å². The summed E-state index contributed by atoms with van der Waals surface area (Å²) in [5.41, 5.74) is -0.233. The normalized spacial score (nSPS) is 18.5. The summed E-state index contributed by atoms with van der Waals surface area (Å²) in [4.78, 5) is 22.1. The molecule has 1 aliphatic heterocycles. The van der Waals surface area contributed by atoms with Gasteiger partial charge in [-0.3, -0.25) is 9.59 Å². The Morgan fingerprint density at radius 1 is 1.38 bits per heavy atom. The molecule has 0 radical (unpaired) electrons. The lowest BCUT2D eigenvalue weighted by Gasteiger charge is -2.23. The molecule has 13 heavy (non-hydrogen) atoms. The van der Waals surface area contributed by atoms with Gasteiger partial charge in [0.05, 0.1) is 4.58 Å². The lowest BCUT2D eigenvalue weighted by molar-refractivity contribution is -0.126. The van der Waals surface area contributed by atoms with E-state index in [-0.39, 0.29) is 15.6 Å². The van der Waals surface area contributed by atoms with Gasteiger partial charge in [0, 0.05) is 11.8 Å². The molecule has 0 N–H and O–H groups in total. The maximum atomic E-state index is 11.5. The third kappa shape index (κ3) is 3.35. The molecule has 0 bridgehead atoms. The molecule has 0 atom stereocenters. The summed E-state index contributed by atoms with van der Waals surface area (Å²) in [5.74, 6) is 0.285. The van der Waals surface area contributed by atoms with E-state index in [9.17, 15) is 9.59 Å². The van der Waals surface area contributed by atoms with E-state index in [1.165, 1.54) is 23.5 Å². The molecule has 1 fully saturated rings. The average molecular weight is 218 g/mol. The van der Waals surface area contributed by atoms with Crippen LogP contribution in [0.25, 0.3) is 0 Å². The summed E-state index contributed by atoms with van der Waals surface area (Å²) in [5, 5.41) is 0. The lowest BCUT2D eigenvalue weighted by atomic mass is 9.88. The Kier molecular flexibility index (Phi) is 3.46. The smallest absolute Gasteiger partial charge is 0.248 e. The van der Waals surface area contributed by atoms with E-state index in [0.717, 1.165) is 6.42 Å². The van der Waals surface area contributed by atoms with Gasteiger partial charge in [-0.15, -0.1) is 0 Å². The summed E-state index contributed by atoms with van der Waals surface area (Å²) < 4.78 is 0.520. The number of thioether (sulfide) groups is 2. The van der Waals surface area contributed by atoms with Crippen molar-refractivity contribution in [3.05, 3.63) is 0 Å². The molecule has 1 saturated heterocycles. The molecule has 0 amide bonds. The second-order valence-corrected chi connectivity index (χ2v) is 7.03. The van der Waals surface area contributed by atoms with Crippen molar-refractivity contribution < 1.29 is 9.59 Å². The van der Waals surface area contributed by atoms with E-state index in [2.05, 4.69) is 0 Å². The van der Waals surface area contributed by atoms with Crippen molar-refractivity contribution in [1.82, 2.24) is 0 Å². The Balaban J connectivity index is 2.20. The fourth-order valence-corrected chi connectivity index (χ4v) is 2.82. The molecule has 1 aliphatic rings. The number of rotatable bonds is 3. The van der Waals surface area contributed by atoms with Crippen LogP contribution in [-0.2, 0) is 4.79 Å². The number of carbonyl (C=O) groups is 2. The summed E-state index contributed by atoms with van der Waals surface area (Å²) in [7, 11) is 0. The van der Waals surface area contributed by atoms with Gasteiger partial charge in [0.1, 0.15) is 5.78 Å². The highest BCUT2D eigenvalue weighted by Gasteiger charge is 2.30. The first-order valence-corrected chi connectivity index (χ1v) is 6.06. The molecule has 4 heteroatoms. The zero-order valence-electron chi connectivity index (χ0n) is 8.12. The number of hydrogen-bond donors (Lipinski definition) is 0. The van der Waals surface area contributed by atoms with E-state index in [0.29, 0.717) is 11.0 Å². The molecule has 74 valence electrons. The second-order valence-electron chi connectivity index (χ2n) is 4.13. The molecule has 1 rings (SSSR count). The van der Waals surface area contributed by atoms with Gasteiger partial charge in [0.15, 0.2) is 0 Å². The highest BCUT2D eigenvalue weighted by Crippen LogP contribution is 2.44. The molecular weight excluding hydrogens is 204 g/mol. The zero-order chi connectivity index (χ0) is 10.1. The number of ketones is 1. The largest absolute Gasteiger partial charge is 0.299 e. The fraction of sp³-hybridized carbons (Fsp3) is 0.778. The van der Waals surface area contributed by atoms with Crippen LogP contribution in [0.3, 0.4) is 0 Å². The van der Waals surface area contributed by atoms with Gasteiger partial charge < -0.3 is 0 Å². The lowest BCUT2D eigenvalue weighted by Crippen LogP contribution is -2.22. The summed E-state index contributed by atoms with van der Waals surface area (Å²) in [6.07, 6.45) is 1.43. The van der Waals surface area contributed by atoms with E-state index in [1.54, 1.807) is 0 Å². The van der Waals surface area contributed by atoms with Crippen LogP contribution < -0.4 is 0 Å². The van der Waals surface area contributed by atoms with Gasteiger partial charge in [0.2, 0.25) is 4.45 Å². The van der Waals surface area contributed by atoms with Crippen LogP contribution in [0.1, 0.15) is 33.6 Å². The standard InChI is InChI=1S/C9H14O2S2/c1-9(2,3)6(10)4-5-7-12-8(11)13-7/h7H,4-5H2,1-3H3. The van der Waals surface area contributed by atoms with Crippen molar-refractivity contribution >= 4 is 33.8 Å². The van der Waals surface area contributed by atoms with Crippen LogP contribution >= 0.6 is 23.5 Å². The molecule has 0 aromatic carbocycles. The Morgan fingerprint density at radius 2 is 1.92 bits per heavy atom. The Labute approximate surface area is 87.2 Å². The van der Waals surface area contributed by atoms with Gasteiger partial charge in [-0.2, -0.15) is 0 Å². The van der Waals surface area contributed by atoms with Gasteiger partial charge in [-0.05, 0) is 6.42 Å². The quantitative estimate of drug-likeness (QED) is 0.728. The summed E-state index contributed by atoms with van der Waals surface area (Å²) >= 11 is 2.71. The average Bonchev–Trinajstić information content (AvgIpc) is 1.93. The van der Waals surface area contributed by atoms with E-state index in [1.807, 2.05) is 20.8 Å².